The summed E-state index contributed by atoms with van der Waals surface area (Å²) in [7, 11) is 0. The van der Waals surface area contributed by atoms with Crippen molar-refractivity contribution < 1.29 is 14.3 Å². The molecule has 2 aromatic heterocycles. The van der Waals surface area contributed by atoms with Gasteiger partial charge in [-0.15, -0.1) is 0 Å². The van der Waals surface area contributed by atoms with Gasteiger partial charge in [-0.25, -0.2) is 9.78 Å². The molecule has 1 amide bonds. The van der Waals surface area contributed by atoms with Gasteiger partial charge >= 0.3 is 6.09 Å². The first kappa shape index (κ1) is 16.1. The van der Waals surface area contributed by atoms with Crippen molar-refractivity contribution in [1.82, 2.24) is 14.7 Å². The Balaban J connectivity index is 1.95. The molecule has 2 rings (SSSR count). The van der Waals surface area contributed by atoms with Crippen LogP contribution in [0.5, 0.6) is 5.75 Å². The maximum absolute atomic E-state index is 11.6. The molecule has 0 aliphatic carbocycles. The number of hydrogen-bond acceptors (Lipinski definition) is 4. The molecule has 0 bridgehead atoms. The van der Waals surface area contributed by atoms with Crippen molar-refractivity contribution in [2.75, 3.05) is 13.2 Å². The number of pyridine rings is 1. The summed E-state index contributed by atoms with van der Waals surface area (Å²) in [6, 6.07) is 3.82. The van der Waals surface area contributed by atoms with E-state index in [9.17, 15) is 4.79 Å². The molecule has 1 N–H and O–H groups in total. The predicted molar refractivity (Wildman–Crippen MR) is 84.3 cm³/mol. The molecule has 0 atom stereocenters. The first-order chi connectivity index (χ1) is 10.4. The number of nitrogens with one attached hydrogen (secondary N) is 1. The fourth-order valence-electron chi connectivity index (χ4n) is 2.03. The van der Waals surface area contributed by atoms with Gasteiger partial charge in [-0.2, -0.15) is 0 Å². The zero-order chi connectivity index (χ0) is 16.2. The number of aromatic nitrogens is 2. The number of nitrogens with zero attached hydrogens (tertiary/aromatic N) is 2. The molecule has 0 aliphatic heterocycles. The molecular weight excluding hydrogens is 282 g/mol. The second kappa shape index (κ2) is 6.68. The van der Waals surface area contributed by atoms with Crippen LogP contribution in [-0.4, -0.2) is 34.2 Å². The van der Waals surface area contributed by atoms with E-state index in [4.69, 9.17) is 9.47 Å². The van der Waals surface area contributed by atoms with E-state index in [0.717, 1.165) is 17.1 Å². The monoisotopic (exact) mass is 305 g/mol. The molecule has 0 spiro atoms. The lowest BCUT2D eigenvalue weighted by Crippen LogP contribution is -2.33. The number of ether oxygens (including phenoxy) is 2. The largest absolute Gasteiger partial charge is 0.490 e. The van der Waals surface area contributed by atoms with Gasteiger partial charge in [0.1, 0.15) is 5.60 Å². The van der Waals surface area contributed by atoms with E-state index in [1.807, 2.05) is 56.6 Å². The zero-order valence-corrected chi connectivity index (χ0v) is 13.5. The minimum Gasteiger partial charge on any atom is -0.490 e. The average molecular weight is 305 g/mol. The van der Waals surface area contributed by atoms with E-state index in [0.29, 0.717) is 19.6 Å². The Labute approximate surface area is 130 Å². The average Bonchev–Trinajstić information content (AvgIpc) is 2.81. The van der Waals surface area contributed by atoms with E-state index in [1.54, 1.807) is 0 Å². The third-order valence-electron chi connectivity index (χ3n) is 2.85. The molecule has 0 aliphatic rings. The summed E-state index contributed by atoms with van der Waals surface area (Å²) in [5.41, 5.74) is 1.19. The summed E-state index contributed by atoms with van der Waals surface area (Å²) in [5, 5.41) is 2.73. The molecule has 0 unspecified atom stereocenters. The quantitative estimate of drug-likeness (QED) is 0.922. The van der Waals surface area contributed by atoms with Crippen LogP contribution >= 0.6 is 0 Å². The van der Waals surface area contributed by atoms with Gasteiger partial charge in [0.2, 0.25) is 0 Å². The van der Waals surface area contributed by atoms with Gasteiger partial charge in [-0.3, -0.25) is 0 Å². The molecular formula is C16H23N3O3. The summed E-state index contributed by atoms with van der Waals surface area (Å²) in [6.07, 6.45) is 4.09. The lowest BCUT2D eigenvalue weighted by Gasteiger charge is -2.19. The first-order valence-corrected chi connectivity index (χ1v) is 7.45. The van der Waals surface area contributed by atoms with Gasteiger partial charge in [-0.05, 0) is 39.8 Å². The number of imidazole rings is 1. The van der Waals surface area contributed by atoms with Gasteiger partial charge in [0, 0.05) is 25.4 Å². The Bertz CT molecular complexity index is 644. The lowest BCUT2D eigenvalue weighted by atomic mass is 10.2. The van der Waals surface area contributed by atoms with E-state index in [2.05, 4.69) is 10.3 Å². The Hall–Kier alpha value is -2.24. The van der Waals surface area contributed by atoms with Crippen LogP contribution in [0.3, 0.4) is 0 Å². The Kier molecular flexibility index (Phi) is 4.90. The highest BCUT2D eigenvalue weighted by atomic mass is 16.6. The number of rotatable bonds is 5. The minimum atomic E-state index is -0.487. The van der Waals surface area contributed by atoms with E-state index >= 15 is 0 Å². The van der Waals surface area contributed by atoms with Crippen LogP contribution < -0.4 is 10.1 Å². The minimum absolute atomic E-state index is 0.411. The van der Waals surface area contributed by atoms with Gasteiger partial charge in [0.05, 0.1) is 12.3 Å². The van der Waals surface area contributed by atoms with Gasteiger partial charge in [0.25, 0.3) is 0 Å². The topological polar surface area (TPSA) is 64.9 Å². The van der Waals surface area contributed by atoms with Crippen LogP contribution in [0.15, 0.2) is 24.5 Å². The Morgan fingerprint density at radius 2 is 2.18 bits per heavy atom. The normalized spacial score (nSPS) is 11.5. The van der Waals surface area contributed by atoms with Crippen LogP contribution in [0, 0.1) is 0 Å². The molecule has 6 nitrogen and oxygen atoms in total. The van der Waals surface area contributed by atoms with E-state index < -0.39 is 11.7 Å². The van der Waals surface area contributed by atoms with Gasteiger partial charge < -0.3 is 19.2 Å². The molecule has 2 aromatic rings. The van der Waals surface area contributed by atoms with Crippen molar-refractivity contribution in [1.29, 1.82) is 0 Å². The number of alkyl carbamates (subject to hydrolysis) is 1. The summed E-state index contributed by atoms with van der Waals surface area (Å²) < 4.78 is 12.7. The lowest BCUT2D eigenvalue weighted by molar-refractivity contribution is 0.0528. The fourth-order valence-corrected chi connectivity index (χ4v) is 2.03. The van der Waals surface area contributed by atoms with Crippen LogP contribution in [0.1, 0.15) is 33.4 Å². The number of carbonyl (C=O) groups is 1. The third kappa shape index (κ3) is 4.38. The van der Waals surface area contributed by atoms with E-state index in [1.165, 1.54) is 0 Å². The maximum Gasteiger partial charge on any atom is 0.407 e. The Morgan fingerprint density at radius 1 is 1.41 bits per heavy atom. The Morgan fingerprint density at radius 3 is 2.86 bits per heavy atom. The predicted octanol–water partition coefficient (Wildman–Crippen LogP) is 2.80. The molecule has 2 heterocycles. The molecule has 0 saturated carbocycles. The number of hydrogen-bond donors (Lipinski definition) is 1. The second-order valence-electron chi connectivity index (χ2n) is 5.95. The van der Waals surface area contributed by atoms with Crippen LogP contribution in [0.4, 0.5) is 4.79 Å². The van der Waals surface area contributed by atoms with Crippen molar-refractivity contribution >= 4 is 11.7 Å². The van der Waals surface area contributed by atoms with E-state index in [-0.39, 0.29) is 0 Å². The second-order valence-corrected chi connectivity index (χ2v) is 5.95. The summed E-state index contributed by atoms with van der Waals surface area (Å²) in [5.74, 6) is 0.761. The molecule has 0 fully saturated rings. The molecule has 0 aromatic carbocycles. The SMILES string of the molecule is CCOc1cccn2cc(CCNC(=O)OC(C)(C)C)nc12. The molecule has 0 saturated heterocycles. The third-order valence-corrected chi connectivity index (χ3v) is 2.85. The summed E-state index contributed by atoms with van der Waals surface area (Å²) in [4.78, 5) is 16.1. The van der Waals surface area contributed by atoms with Crippen molar-refractivity contribution in [2.24, 2.45) is 0 Å². The van der Waals surface area contributed by atoms with Gasteiger partial charge in [0.15, 0.2) is 11.4 Å². The van der Waals surface area contributed by atoms with Crippen LogP contribution in [0.2, 0.25) is 0 Å². The molecule has 22 heavy (non-hydrogen) atoms. The summed E-state index contributed by atoms with van der Waals surface area (Å²) in [6.45, 7) is 8.53. The standard InChI is InChI=1S/C16H23N3O3/c1-5-21-13-7-6-10-19-11-12(18-14(13)19)8-9-17-15(20)22-16(2,3)4/h6-7,10-11H,5,8-9H2,1-4H3,(H,17,20). The highest BCUT2D eigenvalue weighted by Crippen LogP contribution is 2.19. The van der Waals surface area contributed by atoms with Crippen molar-refractivity contribution in [3.05, 3.63) is 30.2 Å². The van der Waals surface area contributed by atoms with Crippen LogP contribution in [-0.2, 0) is 11.2 Å². The van der Waals surface area contributed by atoms with Crippen molar-refractivity contribution in [3.63, 3.8) is 0 Å². The smallest absolute Gasteiger partial charge is 0.407 e. The van der Waals surface area contributed by atoms with Crippen molar-refractivity contribution in [2.45, 2.75) is 39.7 Å². The zero-order valence-electron chi connectivity index (χ0n) is 13.5. The summed E-state index contributed by atoms with van der Waals surface area (Å²) >= 11 is 0. The number of carbonyl (C=O) groups excluding carboxylic acids is 1. The molecule has 6 heteroatoms. The highest BCUT2D eigenvalue weighted by Gasteiger charge is 2.15. The van der Waals surface area contributed by atoms with Crippen molar-refractivity contribution in [3.8, 4) is 5.75 Å². The molecule has 120 valence electrons. The maximum atomic E-state index is 11.6. The van der Waals surface area contributed by atoms with Gasteiger partial charge in [-0.1, -0.05) is 0 Å². The highest BCUT2D eigenvalue weighted by molar-refractivity contribution is 5.67. The fraction of sp³-hybridized carbons (Fsp3) is 0.500. The number of fused-ring (bicyclic) bond motifs is 1. The number of amides is 1. The van der Waals surface area contributed by atoms with Crippen LogP contribution in [0.25, 0.3) is 5.65 Å². The molecule has 0 radical (unpaired) electrons. The first-order valence-electron chi connectivity index (χ1n) is 7.45.